The summed E-state index contributed by atoms with van der Waals surface area (Å²) in [5.41, 5.74) is -17.6. The van der Waals surface area contributed by atoms with Crippen LogP contribution < -0.4 is 0 Å². The Morgan fingerprint density at radius 2 is 0.721 bits per heavy atom. The topological polar surface area (TPSA) is 486 Å². The number of carbonyl (C=O) groups excluding carboxylic acids is 8. The van der Waals surface area contributed by atoms with E-state index in [9.17, 15) is 115 Å². The Morgan fingerprint density at radius 3 is 1.07 bits per heavy atom. The third-order valence-corrected chi connectivity index (χ3v) is 38.5. The summed E-state index contributed by atoms with van der Waals surface area (Å²) in [6.07, 6.45) is 34.9. The van der Waals surface area contributed by atoms with Crippen LogP contribution in [-0.4, -0.2) is 249 Å². The minimum Gasteiger partial charge on any atom is -0.459 e. The zero-order valence-corrected chi connectivity index (χ0v) is 86.5. The fourth-order valence-electron chi connectivity index (χ4n) is 30.6. The number of ether oxygens (including phenoxy) is 5. The summed E-state index contributed by atoms with van der Waals surface area (Å²) in [7, 11) is 1.53. The number of methoxy groups -OCH3 is 1. The maximum Gasteiger partial charge on any atom is 0.334 e. The molecule has 0 aromatic carbocycles. The van der Waals surface area contributed by atoms with E-state index in [-0.39, 0.29) is 76.8 Å². The predicted octanol–water partition coefficient (Wildman–Crippen LogP) is 11.0. The normalized spacial score (nSPS) is 43.6. The van der Waals surface area contributed by atoms with Gasteiger partial charge in [0, 0.05) is 168 Å². The van der Waals surface area contributed by atoms with Gasteiger partial charge in [0.25, 0.3) is 0 Å². The quantitative estimate of drug-likeness (QED) is 0.00864. The van der Waals surface area contributed by atoms with Crippen molar-refractivity contribution in [2.45, 2.75) is 365 Å². The smallest absolute Gasteiger partial charge is 0.334 e. The molecule has 15 N–H and O–H groups in total. The second-order valence-electron chi connectivity index (χ2n) is 47.1. The fraction of sp³-hybridized carbons (Fsp3) is 0.732. The fourth-order valence-corrected chi connectivity index (χ4v) is 30.6. The number of unbranched alkanes of at least 4 members (excludes halogenated alkanes) is 12. The van der Waals surface area contributed by atoms with Gasteiger partial charge in [0.1, 0.15) is 57.0 Å². The van der Waals surface area contributed by atoms with Gasteiger partial charge < -0.3 is 100 Å². The number of carbonyl (C=O) groups is 8. The number of fused-ring (bicyclic) bond motifs is 20. The molecule has 28 nitrogen and oxygen atoms in total. The van der Waals surface area contributed by atoms with Gasteiger partial charge in [-0.2, -0.15) is 0 Å². The summed E-state index contributed by atoms with van der Waals surface area (Å²) in [5.74, 6) is -14.5. The Labute approximate surface area is 825 Å². The molecule has 0 aromatic heterocycles. The molecule has 0 aliphatic heterocycles. The molecule has 32 atom stereocenters. The summed E-state index contributed by atoms with van der Waals surface area (Å²) < 4.78 is 29.8. The monoisotopic (exact) mass is 1960 g/mol. The van der Waals surface area contributed by atoms with E-state index < -0.39 is 243 Å². The third-order valence-electron chi connectivity index (χ3n) is 38.5. The van der Waals surface area contributed by atoms with Crippen molar-refractivity contribution in [1.82, 2.24) is 0 Å². The van der Waals surface area contributed by atoms with Crippen molar-refractivity contribution in [3.8, 4) is 0 Å². The highest BCUT2D eigenvalue weighted by Gasteiger charge is 2.91. The molecule has 0 saturated heterocycles. The number of hydrogen-bond donors (Lipinski definition) is 15. The van der Waals surface area contributed by atoms with Crippen LogP contribution in [0.2, 0.25) is 0 Å². The maximum absolute atomic E-state index is 13.2. The molecule has 0 amide bonds. The number of aliphatic hydroxyl groups excluding tert-OH is 6. The number of allylic oxidation sites excluding steroid dienone is 4. The van der Waals surface area contributed by atoms with Crippen molar-refractivity contribution in [3.05, 3.63) is 129 Å². The summed E-state index contributed by atoms with van der Waals surface area (Å²) in [6.45, 7) is 36.5. The Bertz CT molecular complexity index is 5220. The first-order chi connectivity index (χ1) is 65.2. The van der Waals surface area contributed by atoms with Gasteiger partial charge in [0.2, 0.25) is 0 Å². The molecule has 8 fully saturated rings. The van der Waals surface area contributed by atoms with E-state index in [1.807, 2.05) is 74.5 Å². The van der Waals surface area contributed by atoms with Crippen LogP contribution >= 0.6 is 0 Å². The molecule has 16 aliphatic carbocycles. The molecule has 0 spiro atoms. The van der Waals surface area contributed by atoms with Crippen molar-refractivity contribution in [2.24, 2.45) is 116 Å². The van der Waals surface area contributed by atoms with Crippen molar-refractivity contribution in [1.29, 1.82) is 0 Å². The Balaban J connectivity index is 0.000000158. The SMILES string of the molecule is C/C=C(\C)C(=O)O[C@@]12[C@H](O)[C@@H](C)[C@@]3(O)[C@@H](C=C(CO)C[C@]4(O)C(=O)C(C)=C[C@@H]34)[C@@H]1C2(C)C.CCCC/C=C/C=C/CC(=O)O[C@@]12[C@H](O)[C@@H](C)[C@@]3(O)[C@@H](C=C(CO)C[C@]4(O)C(=O)C(C)=C[C@@H]34)[C@@H]1C2(C)C.CCCCCCCCCCCCCC(=O)O[C@@H]1[C@@H](C)[C@@]2(O)[C@@H](C=C(CO)C[C@]3(O)C(=O)C(C)=C[C@@H]23)[C@@H]2C(C)(C)[C@]12O.CO[C@@H]1[C@@H](C)[C@@]2(O)[C@@H](C=C(CO)C[C@]3(O)C(=O)C(C)=C[C@@H]23)[C@@H]2C(C)(C)[C@]12OC(C)=O. The molecular formula is C112H162O28. The van der Waals surface area contributed by atoms with Crippen molar-refractivity contribution < 1.29 is 139 Å². The van der Waals surface area contributed by atoms with Gasteiger partial charge in [-0.1, -0.05) is 253 Å². The summed E-state index contributed by atoms with van der Waals surface area (Å²) in [4.78, 5) is 103. The third kappa shape index (κ3) is 16.2. The van der Waals surface area contributed by atoms with Crippen molar-refractivity contribution in [2.75, 3.05) is 33.5 Å². The van der Waals surface area contributed by atoms with E-state index in [1.165, 1.54) is 65.4 Å². The van der Waals surface area contributed by atoms with Crippen LogP contribution in [0.3, 0.4) is 0 Å². The first kappa shape index (κ1) is 110. The standard InChI is InChI=1S/C34H54O7.C30H42O7.C25H34O7.C23H32O7/c1-6-7-8-9-10-11-12-13-14-15-16-17-27(36)41-30-23(3)33(39)25(28-31(4,5)34(28,30)40)19-24(21-35)20-32(38)26(33)18-22(2)29(32)37;1-6-7-8-9-10-11-12-13-23(32)37-30-24(27(30,4)5)21-15-20(17-31)16-28(35)22(14-18(2)25(28)33)29(21,36)19(3)26(30)34;1-7-12(2)21(29)32-25-18(22(25,5)6)16-9-15(11-26)10-23(30)17(8-13(3)19(23)27)24(16,31)14(4)20(25)28;1-11-7-16-21(27,18(11)26)9-14(10-24)8-15-17-20(4,5)23(17,30-13(3)25)19(29-6)12(2)22(15,16)28/h18-19,23,25-26,28,30,35,38-40H,6-17,20-21H2,1-5H3;9-12,14-15,19,21-22,24,26,31,34-36H,6-8,13,16-17H2,1-5H3;7-9,14,16-18,20,26,28,30-31H,10-11H2,1-6H3;7-8,12,15-17,19,24,27-28H,9-10H2,1-6H3/b;10-9+,12-11+;12-7+;/t23-,25+,26-,28-,30-,32-,33-,34-;19-,21+,22-,24-,26-,28-,29-,30-;14-,16+,17-,18-,20-,23-,24-,25-;12-,15+,16-,17-,19-,21-,22-,23-/m1111/s1. The lowest BCUT2D eigenvalue weighted by Gasteiger charge is -2.53. The number of ketones is 4. The van der Waals surface area contributed by atoms with Crippen LogP contribution in [0.15, 0.2) is 129 Å². The Hall–Kier alpha value is -6.94. The number of aliphatic hydroxyl groups is 15. The number of esters is 4. The molecule has 140 heavy (non-hydrogen) atoms. The van der Waals surface area contributed by atoms with Crippen LogP contribution in [0.25, 0.3) is 0 Å². The molecule has 16 aliphatic rings. The van der Waals surface area contributed by atoms with Crippen LogP contribution in [0.4, 0.5) is 0 Å². The molecule has 0 bridgehead atoms. The van der Waals surface area contributed by atoms with Gasteiger partial charge in [-0.25, -0.2) is 4.79 Å². The number of Topliss-reactive ketones (excluding diaryl/α,β-unsaturated/α-hetero) is 4. The maximum atomic E-state index is 13.2. The molecule has 8 saturated carbocycles. The largest absolute Gasteiger partial charge is 0.459 e. The van der Waals surface area contributed by atoms with Gasteiger partial charge in [-0.15, -0.1) is 0 Å². The first-order valence-corrected chi connectivity index (χ1v) is 51.6. The zero-order chi connectivity index (χ0) is 104. The molecular weight excluding hydrogens is 1790 g/mol. The summed E-state index contributed by atoms with van der Waals surface area (Å²) in [5, 5.41) is 171. The van der Waals surface area contributed by atoms with Gasteiger partial charge in [0.05, 0.1) is 67.5 Å². The van der Waals surface area contributed by atoms with E-state index in [1.54, 1.807) is 123 Å². The van der Waals surface area contributed by atoms with E-state index in [4.69, 9.17) is 23.7 Å². The average Bonchev–Trinajstić information content (AvgIpc) is 1.51. The van der Waals surface area contributed by atoms with Gasteiger partial charge in [-0.3, -0.25) is 33.6 Å². The second kappa shape index (κ2) is 38.7. The summed E-state index contributed by atoms with van der Waals surface area (Å²) >= 11 is 0. The molecule has 16 rings (SSSR count). The molecule has 0 radical (unpaired) electrons. The highest BCUT2D eigenvalue weighted by Crippen LogP contribution is 2.81. The van der Waals surface area contributed by atoms with E-state index in [0.717, 1.165) is 38.5 Å². The van der Waals surface area contributed by atoms with Gasteiger partial charge in [0.15, 0.2) is 23.1 Å². The minimum absolute atomic E-state index is 0.0439. The van der Waals surface area contributed by atoms with Crippen molar-refractivity contribution >= 4 is 47.0 Å². The lowest BCUT2D eigenvalue weighted by molar-refractivity contribution is -0.224. The van der Waals surface area contributed by atoms with Crippen LogP contribution in [0.1, 0.15) is 274 Å². The lowest BCUT2D eigenvalue weighted by Crippen LogP contribution is -2.65. The lowest BCUT2D eigenvalue weighted by atomic mass is 9.59. The van der Waals surface area contributed by atoms with Crippen LogP contribution in [0.5, 0.6) is 0 Å². The van der Waals surface area contributed by atoms with E-state index in [0.29, 0.717) is 50.2 Å². The second-order valence-corrected chi connectivity index (χ2v) is 47.1. The minimum atomic E-state index is -1.90. The van der Waals surface area contributed by atoms with Gasteiger partial charge in [-0.05, 0) is 99.0 Å². The highest BCUT2D eigenvalue weighted by atomic mass is 16.6. The average molecular weight is 1960 g/mol. The first-order valence-electron chi connectivity index (χ1n) is 51.6. The zero-order valence-electron chi connectivity index (χ0n) is 86.5. The number of rotatable bonds is 28. The molecule has 778 valence electrons. The predicted molar refractivity (Wildman–Crippen MR) is 520 cm³/mol. The number of hydrogen-bond acceptors (Lipinski definition) is 28. The van der Waals surface area contributed by atoms with Crippen molar-refractivity contribution in [3.63, 3.8) is 0 Å². The highest BCUT2D eigenvalue weighted by molar-refractivity contribution is 6.07. The molecule has 0 aromatic rings. The Kier molecular flexibility index (Phi) is 30.5. The van der Waals surface area contributed by atoms with E-state index >= 15 is 0 Å². The van der Waals surface area contributed by atoms with E-state index in [2.05, 4.69) is 19.9 Å². The molecule has 28 heteroatoms. The molecule has 0 unspecified atom stereocenters. The molecule has 0 heterocycles. The van der Waals surface area contributed by atoms with Crippen LogP contribution in [-0.2, 0) is 62.0 Å². The van der Waals surface area contributed by atoms with Crippen LogP contribution in [0, 0.1) is 116 Å². The summed E-state index contributed by atoms with van der Waals surface area (Å²) in [6, 6.07) is 0. The van der Waals surface area contributed by atoms with Gasteiger partial charge >= 0.3 is 23.9 Å². The Morgan fingerprint density at radius 1 is 0.400 bits per heavy atom.